The first-order chi connectivity index (χ1) is 9.75. The number of rotatable bonds is 5. The number of hydrogen-bond donors (Lipinski definition) is 2. The van der Waals surface area contributed by atoms with Gasteiger partial charge in [0.2, 0.25) is 0 Å². The molecule has 20 heavy (non-hydrogen) atoms. The first kappa shape index (κ1) is 13.7. The molecule has 2 aromatic heterocycles. The average Bonchev–Trinajstić information content (AvgIpc) is 2.52. The average molecular weight is 268 g/mol. The van der Waals surface area contributed by atoms with Gasteiger partial charge < -0.3 is 0 Å². The molecule has 0 radical (unpaired) electrons. The lowest BCUT2D eigenvalue weighted by Crippen LogP contribution is -2.11. The van der Waals surface area contributed by atoms with E-state index >= 15 is 0 Å². The fourth-order valence-corrected chi connectivity index (χ4v) is 1.30. The lowest BCUT2D eigenvalue weighted by atomic mass is 10.3. The highest BCUT2D eigenvalue weighted by Crippen LogP contribution is 2.01. The summed E-state index contributed by atoms with van der Waals surface area (Å²) in [5, 5.41) is 8.44. The smallest absolute Gasteiger partial charge is 0.146 e. The lowest BCUT2D eigenvalue weighted by Gasteiger charge is -2.03. The zero-order valence-electron chi connectivity index (χ0n) is 11.4. The maximum atomic E-state index is 4.22. The zero-order valence-corrected chi connectivity index (χ0v) is 11.4. The molecule has 0 aliphatic carbocycles. The van der Waals surface area contributed by atoms with E-state index in [0.717, 1.165) is 11.4 Å². The van der Waals surface area contributed by atoms with Crippen LogP contribution < -0.4 is 10.9 Å². The molecular weight excluding hydrogens is 252 g/mol. The molecule has 2 heterocycles. The fraction of sp³-hybridized carbons (Fsp3) is 0.143. The van der Waals surface area contributed by atoms with Crippen molar-refractivity contribution < 1.29 is 0 Å². The largest absolute Gasteiger partial charge is 0.261 e. The van der Waals surface area contributed by atoms with Crippen molar-refractivity contribution in [3.63, 3.8) is 0 Å². The van der Waals surface area contributed by atoms with Crippen molar-refractivity contribution in [3.8, 4) is 0 Å². The van der Waals surface area contributed by atoms with Crippen molar-refractivity contribution in [1.29, 1.82) is 0 Å². The highest BCUT2D eigenvalue weighted by molar-refractivity contribution is 6.40. The van der Waals surface area contributed by atoms with Crippen molar-refractivity contribution >= 4 is 23.1 Å². The first-order valence-electron chi connectivity index (χ1n) is 6.19. The molecule has 0 aliphatic rings. The van der Waals surface area contributed by atoms with Gasteiger partial charge in [-0.1, -0.05) is 12.1 Å². The lowest BCUT2D eigenvalue weighted by molar-refractivity contribution is 1.21. The van der Waals surface area contributed by atoms with Gasteiger partial charge in [0, 0.05) is 12.4 Å². The molecular formula is C14H16N6. The first-order valence-corrected chi connectivity index (χ1v) is 6.19. The van der Waals surface area contributed by atoms with Gasteiger partial charge in [0.1, 0.15) is 11.6 Å². The second kappa shape index (κ2) is 6.98. The van der Waals surface area contributed by atoms with Crippen LogP contribution in [0.3, 0.4) is 0 Å². The maximum Gasteiger partial charge on any atom is 0.146 e. The fourth-order valence-electron chi connectivity index (χ4n) is 1.30. The highest BCUT2D eigenvalue weighted by atomic mass is 15.3. The second-order valence-corrected chi connectivity index (χ2v) is 4.05. The van der Waals surface area contributed by atoms with E-state index in [1.54, 1.807) is 12.4 Å². The van der Waals surface area contributed by atoms with Gasteiger partial charge in [0.05, 0.1) is 11.4 Å². The Morgan fingerprint density at radius 3 is 1.60 bits per heavy atom. The van der Waals surface area contributed by atoms with Gasteiger partial charge in [-0.05, 0) is 38.1 Å². The molecule has 6 heteroatoms. The summed E-state index contributed by atoms with van der Waals surface area (Å²) in [7, 11) is 0. The highest BCUT2D eigenvalue weighted by Gasteiger charge is 1.98. The molecule has 2 aromatic rings. The van der Waals surface area contributed by atoms with E-state index in [-0.39, 0.29) is 0 Å². The summed E-state index contributed by atoms with van der Waals surface area (Å²) in [6.07, 6.45) is 3.41. The molecule has 0 saturated carbocycles. The Labute approximate surface area is 117 Å². The Balaban J connectivity index is 1.95. The minimum atomic E-state index is 0.692. The van der Waals surface area contributed by atoms with Gasteiger partial charge in [-0.3, -0.25) is 10.9 Å². The summed E-state index contributed by atoms with van der Waals surface area (Å²) >= 11 is 0. The number of aromatic nitrogens is 2. The predicted octanol–water partition coefficient (Wildman–Crippen LogP) is 2.75. The normalized spacial score (nSPS) is 12.1. The molecule has 0 aliphatic heterocycles. The second-order valence-electron chi connectivity index (χ2n) is 4.05. The van der Waals surface area contributed by atoms with Gasteiger partial charge >= 0.3 is 0 Å². The molecule has 0 unspecified atom stereocenters. The van der Waals surface area contributed by atoms with Crippen molar-refractivity contribution in [2.24, 2.45) is 10.2 Å². The quantitative estimate of drug-likeness (QED) is 0.646. The summed E-state index contributed by atoms with van der Waals surface area (Å²) in [5.41, 5.74) is 7.28. The van der Waals surface area contributed by atoms with Gasteiger partial charge in [-0.25, -0.2) is 9.97 Å². The summed E-state index contributed by atoms with van der Waals surface area (Å²) in [6.45, 7) is 3.74. The monoisotopic (exact) mass is 268 g/mol. The number of anilines is 2. The van der Waals surface area contributed by atoms with E-state index in [0.29, 0.717) is 11.6 Å². The molecule has 0 aromatic carbocycles. The Morgan fingerprint density at radius 2 is 1.25 bits per heavy atom. The summed E-state index contributed by atoms with van der Waals surface area (Å²) in [4.78, 5) is 8.24. The molecule has 0 bridgehead atoms. The van der Waals surface area contributed by atoms with E-state index < -0.39 is 0 Å². The van der Waals surface area contributed by atoms with Crippen LogP contribution in [0, 0.1) is 0 Å². The third kappa shape index (κ3) is 4.16. The topological polar surface area (TPSA) is 74.6 Å². The van der Waals surface area contributed by atoms with E-state index in [1.165, 1.54) is 0 Å². The van der Waals surface area contributed by atoms with Gasteiger partial charge in [-0.2, -0.15) is 10.2 Å². The van der Waals surface area contributed by atoms with Crippen LogP contribution in [0.15, 0.2) is 59.0 Å². The van der Waals surface area contributed by atoms with E-state index in [2.05, 4.69) is 31.0 Å². The van der Waals surface area contributed by atoms with Crippen molar-refractivity contribution in [3.05, 3.63) is 48.8 Å². The van der Waals surface area contributed by atoms with Crippen LogP contribution >= 0.6 is 0 Å². The number of pyridine rings is 2. The van der Waals surface area contributed by atoms with E-state index in [1.807, 2.05) is 50.2 Å². The number of hydrogen-bond acceptors (Lipinski definition) is 6. The van der Waals surface area contributed by atoms with Gasteiger partial charge in [0.25, 0.3) is 0 Å². The molecule has 0 fully saturated rings. The van der Waals surface area contributed by atoms with Crippen LogP contribution in [0.4, 0.5) is 11.6 Å². The molecule has 6 nitrogen and oxygen atoms in total. The van der Waals surface area contributed by atoms with Crippen LogP contribution in [0.1, 0.15) is 13.8 Å². The van der Waals surface area contributed by atoms with Gasteiger partial charge in [-0.15, -0.1) is 0 Å². The standard InChI is InChI=1S/C14H16N6/c1-11(17-19-13-7-3-5-9-15-13)12(2)18-20-14-8-4-6-10-16-14/h3-10H,1-2H3,(H,15,19)(H,16,20)/b17-11-,18-12+. The summed E-state index contributed by atoms with van der Waals surface area (Å²) in [5.74, 6) is 1.38. The number of nitrogens with zero attached hydrogens (tertiary/aromatic N) is 4. The molecule has 102 valence electrons. The molecule has 0 atom stereocenters. The Kier molecular flexibility index (Phi) is 4.77. The molecule has 0 amide bonds. The van der Waals surface area contributed by atoms with Crippen molar-refractivity contribution in [2.75, 3.05) is 10.9 Å². The SMILES string of the molecule is CC(=N/Nc1ccccn1)/C(C)=N/Nc1ccccn1. The number of nitrogens with one attached hydrogen (secondary N) is 2. The van der Waals surface area contributed by atoms with Gasteiger partial charge in [0.15, 0.2) is 0 Å². The third-order valence-corrected chi connectivity index (χ3v) is 2.53. The van der Waals surface area contributed by atoms with E-state index in [9.17, 15) is 0 Å². The number of hydrazone groups is 2. The van der Waals surface area contributed by atoms with Crippen LogP contribution in [0.2, 0.25) is 0 Å². The van der Waals surface area contributed by atoms with Crippen LogP contribution in [-0.2, 0) is 0 Å². The minimum Gasteiger partial charge on any atom is -0.261 e. The van der Waals surface area contributed by atoms with Crippen LogP contribution in [-0.4, -0.2) is 21.4 Å². The summed E-state index contributed by atoms with van der Waals surface area (Å²) < 4.78 is 0. The Morgan fingerprint density at radius 1 is 0.800 bits per heavy atom. The van der Waals surface area contributed by atoms with Crippen molar-refractivity contribution in [2.45, 2.75) is 13.8 Å². The molecule has 0 spiro atoms. The minimum absolute atomic E-state index is 0.692. The summed E-state index contributed by atoms with van der Waals surface area (Å²) in [6, 6.07) is 11.2. The van der Waals surface area contributed by atoms with Crippen LogP contribution in [0.25, 0.3) is 0 Å². The predicted molar refractivity (Wildman–Crippen MR) is 81.9 cm³/mol. The zero-order chi connectivity index (χ0) is 14.2. The van der Waals surface area contributed by atoms with Crippen molar-refractivity contribution in [1.82, 2.24) is 9.97 Å². The Bertz CT molecular complexity index is 536. The maximum absolute atomic E-state index is 4.22. The Hall–Kier alpha value is -2.76. The third-order valence-electron chi connectivity index (χ3n) is 2.53. The van der Waals surface area contributed by atoms with Crippen LogP contribution in [0.5, 0.6) is 0 Å². The molecule has 2 N–H and O–H groups in total. The van der Waals surface area contributed by atoms with E-state index in [4.69, 9.17) is 0 Å². The molecule has 0 saturated heterocycles. The molecule has 2 rings (SSSR count).